The van der Waals surface area contributed by atoms with E-state index >= 15 is 4.39 Å². The number of phenols is 1. The molecule has 5 aromatic rings. The Bertz CT molecular complexity index is 1900. The number of pyridine rings is 2. The van der Waals surface area contributed by atoms with Crippen molar-refractivity contribution in [2.45, 2.75) is 6.42 Å². The lowest BCUT2D eigenvalue weighted by Crippen LogP contribution is -2.30. The summed E-state index contributed by atoms with van der Waals surface area (Å²) in [6, 6.07) is 5.51. The van der Waals surface area contributed by atoms with Crippen LogP contribution in [0.5, 0.6) is 5.75 Å². The Hall–Kier alpha value is -4.66. The molecule has 0 unspecified atom stereocenters. The van der Waals surface area contributed by atoms with Crippen molar-refractivity contribution in [1.29, 1.82) is 0 Å². The van der Waals surface area contributed by atoms with Crippen molar-refractivity contribution >= 4 is 44.3 Å². The van der Waals surface area contributed by atoms with Crippen molar-refractivity contribution in [2.75, 3.05) is 70.3 Å². The summed E-state index contributed by atoms with van der Waals surface area (Å²) < 4.78 is 37.2. The van der Waals surface area contributed by atoms with Crippen molar-refractivity contribution in [2.24, 2.45) is 0 Å². The van der Waals surface area contributed by atoms with E-state index in [-0.39, 0.29) is 33.5 Å². The Morgan fingerprint density at radius 1 is 1.02 bits per heavy atom. The molecule has 1 saturated heterocycles. The predicted octanol–water partition coefficient (Wildman–Crippen LogP) is 4.58. The molecule has 6 rings (SSSR count). The number of hydrogen-bond acceptors (Lipinski definition) is 9. The van der Waals surface area contributed by atoms with Gasteiger partial charge >= 0.3 is 0 Å². The van der Waals surface area contributed by atoms with Crippen LogP contribution in [0.1, 0.15) is 12.0 Å². The molecule has 9 nitrogen and oxygen atoms in total. The van der Waals surface area contributed by atoms with Gasteiger partial charge in [-0.15, -0.1) is 6.42 Å². The maximum atomic E-state index is 16.7. The number of ether oxygens (including phenoxy) is 1. The lowest BCUT2D eigenvalue weighted by Gasteiger charge is -2.26. The first-order valence-corrected chi connectivity index (χ1v) is 14.0. The number of hydrogen-bond donors (Lipinski definition) is 1. The molecular formula is C32H31F2N7O2. The van der Waals surface area contributed by atoms with E-state index in [9.17, 15) is 9.50 Å². The molecule has 3 aromatic heterocycles. The summed E-state index contributed by atoms with van der Waals surface area (Å²) in [6.45, 7) is 3.90. The summed E-state index contributed by atoms with van der Waals surface area (Å²) in [6.07, 6.45) is 9.75. The Kier molecular flexibility index (Phi) is 7.64. The number of halogens is 2. The van der Waals surface area contributed by atoms with E-state index in [4.69, 9.17) is 21.1 Å². The van der Waals surface area contributed by atoms with Crippen LogP contribution in [0.4, 0.5) is 20.4 Å². The molecule has 0 bridgehead atoms. The molecule has 1 fully saturated rings. The average Bonchev–Trinajstić information content (AvgIpc) is 3.28. The highest BCUT2D eigenvalue weighted by Crippen LogP contribution is 2.40. The highest BCUT2D eigenvalue weighted by atomic mass is 19.1. The minimum Gasteiger partial charge on any atom is -0.508 e. The number of likely N-dealkylation sites (N-methyl/N-ethyl adjacent to an activating group) is 2. The van der Waals surface area contributed by atoms with Crippen LogP contribution in [0.2, 0.25) is 0 Å². The zero-order chi connectivity index (χ0) is 30.2. The first-order valence-electron chi connectivity index (χ1n) is 14.0. The Balaban J connectivity index is 1.62. The topological polar surface area (TPSA) is 90.7 Å². The van der Waals surface area contributed by atoms with Crippen molar-refractivity contribution in [1.82, 2.24) is 24.8 Å². The van der Waals surface area contributed by atoms with Crippen LogP contribution in [0.3, 0.4) is 0 Å². The number of anilines is 2. The van der Waals surface area contributed by atoms with Gasteiger partial charge in [0.05, 0.1) is 23.2 Å². The molecule has 0 saturated carbocycles. The standard InChI is InChI=1S/C32H31F2N7O2/c1-5-21-25(33)8-7-19-15-20(42)16-22(26(19)21)28-27(34)29-23(17-35-28)30(41-9-6-13-43-14-12-41)24-18-36-32(38-31(24)37-29)40(4)11-10-39(2)3/h1,7-8,15-18,42H,6,9-14H2,2-4H3. The van der Waals surface area contributed by atoms with Gasteiger partial charge in [-0.2, -0.15) is 4.98 Å². The lowest BCUT2D eigenvalue weighted by molar-refractivity contribution is 0.152. The fraction of sp³-hybridized carbons (Fsp3) is 0.312. The second-order valence-electron chi connectivity index (χ2n) is 10.9. The number of rotatable bonds is 6. The molecule has 0 atom stereocenters. The van der Waals surface area contributed by atoms with Gasteiger partial charge in [0.2, 0.25) is 5.95 Å². The van der Waals surface area contributed by atoms with Gasteiger partial charge in [-0.3, -0.25) is 4.98 Å². The van der Waals surface area contributed by atoms with Gasteiger partial charge in [0.25, 0.3) is 0 Å². The van der Waals surface area contributed by atoms with Gasteiger partial charge in [0.1, 0.15) is 22.8 Å². The smallest absolute Gasteiger partial charge is 0.227 e. The fourth-order valence-electron chi connectivity index (χ4n) is 5.51. The van der Waals surface area contributed by atoms with E-state index in [1.165, 1.54) is 24.3 Å². The van der Waals surface area contributed by atoms with Crippen molar-refractivity contribution < 1.29 is 18.6 Å². The number of aromatic nitrogens is 4. The Morgan fingerprint density at radius 3 is 2.63 bits per heavy atom. The molecule has 0 spiro atoms. The average molecular weight is 584 g/mol. The van der Waals surface area contributed by atoms with E-state index < -0.39 is 11.6 Å². The summed E-state index contributed by atoms with van der Waals surface area (Å²) in [7, 11) is 5.88. The Labute approximate surface area is 247 Å². The van der Waals surface area contributed by atoms with E-state index in [0.717, 1.165) is 18.7 Å². The van der Waals surface area contributed by atoms with Crippen LogP contribution >= 0.6 is 0 Å². The fourth-order valence-corrected chi connectivity index (χ4v) is 5.51. The first kappa shape index (κ1) is 28.5. The number of benzene rings is 2. The largest absolute Gasteiger partial charge is 0.508 e. The summed E-state index contributed by atoms with van der Waals surface area (Å²) in [5, 5.41) is 12.4. The van der Waals surface area contributed by atoms with Gasteiger partial charge in [-0.1, -0.05) is 12.0 Å². The second-order valence-corrected chi connectivity index (χ2v) is 10.9. The maximum absolute atomic E-state index is 16.7. The maximum Gasteiger partial charge on any atom is 0.227 e. The van der Waals surface area contributed by atoms with Gasteiger partial charge in [0, 0.05) is 68.6 Å². The van der Waals surface area contributed by atoms with Gasteiger partial charge in [-0.25, -0.2) is 18.7 Å². The third kappa shape index (κ3) is 5.24. The van der Waals surface area contributed by atoms with Gasteiger partial charge in [0.15, 0.2) is 11.5 Å². The summed E-state index contributed by atoms with van der Waals surface area (Å²) in [5.74, 6) is 1.36. The predicted molar refractivity (Wildman–Crippen MR) is 165 cm³/mol. The molecule has 2 aromatic carbocycles. The van der Waals surface area contributed by atoms with Gasteiger partial charge < -0.3 is 24.5 Å². The third-order valence-electron chi connectivity index (χ3n) is 7.69. The highest BCUT2D eigenvalue weighted by molar-refractivity contribution is 6.08. The van der Waals surface area contributed by atoms with E-state index in [1.807, 2.05) is 26.0 Å². The second kappa shape index (κ2) is 11.6. The van der Waals surface area contributed by atoms with Crippen molar-refractivity contribution in [3.05, 3.63) is 53.9 Å². The SMILES string of the molecule is C#Cc1c(F)ccc2cc(O)cc(-c3ncc4c(N5CCCOCC5)c5cnc(N(C)CCN(C)C)nc5nc4c3F)c12. The van der Waals surface area contributed by atoms with Crippen molar-refractivity contribution in [3.8, 4) is 29.4 Å². The van der Waals surface area contributed by atoms with Crippen LogP contribution in [0.25, 0.3) is 44.0 Å². The molecule has 1 N–H and O–H groups in total. The number of phenolic OH excluding ortho intramolecular Hbond substituents is 1. The summed E-state index contributed by atoms with van der Waals surface area (Å²) in [4.78, 5) is 24.7. The zero-order valence-electron chi connectivity index (χ0n) is 24.2. The molecule has 0 aliphatic carbocycles. The van der Waals surface area contributed by atoms with Crippen LogP contribution < -0.4 is 9.80 Å². The number of terminal acetylenes is 1. The monoisotopic (exact) mass is 583 g/mol. The van der Waals surface area contributed by atoms with Crippen LogP contribution in [0, 0.1) is 24.0 Å². The molecule has 1 aliphatic rings. The quantitative estimate of drug-likeness (QED) is 0.228. The normalized spacial score (nSPS) is 14.0. The van der Waals surface area contributed by atoms with E-state index in [1.54, 1.807) is 12.4 Å². The minimum atomic E-state index is -0.730. The molecule has 4 heterocycles. The Morgan fingerprint density at radius 2 is 1.84 bits per heavy atom. The molecule has 0 radical (unpaired) electrons. The van der Waals surface area contributed by atoms with Gasteiger partial charge in [-0.05, 0) is 44.1 Å². The third-order valence-corrected chi connectivity index (χ3v) is 7.69. The molecule has 11 heteroatoms. The summed E-state index contributed by atoms with van der Waals surface area (Å²) in [5.41, 5.74) is 1.13. The lowest BCUT2D eigenvalue weighted by atomic mass is 9.95. The molecule has 0 amide bonds. The van der Waals surface area contributed by atoms with Crippen molar-refractivity contribution in [3.63, 3.8) is 0 Å². The molecule has 1 aliphatic heterocycles. The number of aromatic hydroxyl groups is 1. The highest BCUT2D eigenvalue weighted by Gasteiger charge is 2.25. The van der Waals surface area contributed by atoms with E-state index in [0.29, 0.717) is 60.6 Å². The minimum absolute atomic E-state index is 0.0383. The molecule has 43 heavy (non-hydrogen) atoms. The molecular weight excluding hydrogens is 552 g/mol. The number of nitrogens with zero attached hydrogens (tertiary/aromatic N) is 7. The molecule has 220 valence electrons. The van der Waals surface area contributed by atoms with E-state index in [2.05, 4.69) is 25.7 Å². The zero-order valence-corrected chi connectivity index (χ0v) is 24.2. The number of fused-ring (bicyclic) bond motifs is 3. The van der Waals surface area contributed by atoms with Crippen LogP contribution in [-0.4, -0.2) is 90.5 Å². The summed E-state index contributed by atoms with van der Waals surface area (Å²) >= 11 is 0. The van der Waals surface area contributed by atoms with Crippen LogP contribution in [-0.2, 0) is 4.74 Å². The first-order chi connectivity index (χ1) is 20.8. The van der Waals surface area contributed by atoms with Crippen LogP contribution in [0.15, 0.2) is 36.7 Å².